The molecular weight excluding hydrogens is 647 g/mol. The minimum atomic E-state index is -0.280. The molecule has 0 amide bonds. The second kappa shape index (κ2) is 12.9. The number of nitrogens with zero attached hydrogens (tertiary/aromatic N) is 4. The van der Waals surface area contributed by atoms with Crippen molar-refractivity contribution in [2.24, 2.45) is 9.98 Å². The van der Waals surface area contributed by atoms with E-state index in [1.165, 1.54) is 16.3 Å². The first kappa shape index (κ1) is 30.7. The summed E-state index contributed by atoms with van der Waals surface area (Å²) < 4.78 is 2.36. The summed E-state index contributed by atoms with van der Waals surface area (Å²) in [7, 11) is 0. The van der Waals surface area contributed by atoms with Crippen molar-refractivity contribution in [3.05, 3.63) is 205 Å². The molecule has 1 aliphatic heterocycles. The van der Waals surface area contributed by atoms with E-state index in [1.54, 1.807) is 0 Å². The molecule has 250 valence electrons. The van der Waals surface area contributed by atoms with Crippen molar-refractivity contribution in [3.8, 4) is 28.1 Å². The lowest BCUT2D eigenvalue weighted by Gasteiger charge is -2.24. The van der Waals surface area contributed by atoms with E-state index in [4.69, 9.17) is 15.0 Å². The van der Waals surface area contributed by atoms with Crippen molar-refractivity contribution in [2.45, 2.75) is 6.17 Å². The number of benzene rings is 7. The number of hydrogen-bond donors (Lipinski definition) is 1. The van der Waals surface area contributed by atoms with Gasteiger partial charge < -0.3 is 9.88 Å². The van der Waals surface area contributed by atoms with Crippen LogP contribution in [0, 0.1) is 0 Å². The molecule has 1 aliphatic rings. The molecule has 2 aromatic heterocycles. The Morgan fingerprint density at radius 1 is 0.472 bits per heavy atom. The van der Waals surface area contributed by atoms with E-state index < -0.39 is 0 Å². The molecule has 0 saturated heterocycles. The van der Waals surface area contributed by atoms with Crippen LogP contribution in [0.5, 0.6) is 0 Å². The smallest absolute Gasteiger partial charge is 0.159 e. The Morgan fingerprint density at radius 3 is 1.77 bits per heavy atom. The van der Waals surface area contributed by atoms with Gasteiger partial charge in [-0.3, -0.25) is 0 Å². The van der Waals surface area contributed by atoms with Crippen LogP contribution >= 0.6 is 0 Å². The minimum absolute atomic E-state index is 0.280. The molecule has 1 unspecified atom stereocenters. The monoisotopic (exact) mass is 679 g/mol. The summed E-state index contributed by atoms with van der Waals surface area (Å²) in [6, 6.07) is 65.6. The molecule has 0 spiro atoms. The maximum absolute atomic E-state index is 5.28. The van der Waals surface area contributed by atoms with Crippen molar-refractivity contribution in [3.63, 3.8) is 0 Å². The third-order valence-electron chi connectivity index (χ3n) is 10.1. The summed E-state index contributed by atoms with van der Waals surface area (Å²) in [4.78, 5) is 15.5. The number of aliphatic imine (C=N–C) groups is 2. The van der Waals surface area contributed by atoms with Gasteiger partial charge in [-0.2, -0.15) is 0 Å². The molecule has 0 radical (unpaired) electrons. The Labute approximate surface area is 307 Å². The fraction of sp³-hybridized carbons (Fsp3) is 0.0208. The highest BCUT2D eigenvalue weighted by Crippen LogP contribution is 2.41. The van der Waals surface area contributed by atoms with Gasteiger partial charge in [-0.15, -0.1) is 0 Å². The molecule has 3 heterocycles. The molecule has 1 N–H and O–H groups in total. The summed E-state index contributed by atoms with van der Waals surface area (Å²) in [5.41, 5.74) is 11.7. The molecule has 0 saturated carbocycles. The predicted molar refractivity (Wildman–Crippen MR) is 219 cm³/mol. The average Bonchev–Trinajstić information content (AvgIpc) is 3.60. The number of rotatable bonds is 6. The number of para-hydroxylation sites is 2. The molecular formula is C48H33N5. The van der Waals surface area contributed by atoms with Gasteiger partial charge in [-0.25, -0.2) is 15.0 Å². The van der Waals surface area contributed by atoms with E-state index in [-0.39, 0.29) is 6.17 Å². The maximum atomic E-state index is 5.28. The molecule has 10 rings (SSSR count). The molecule has 0 fully saturated rings. The Hall–Kier alpha value is -7.11. The summed E-state index contributed by atoms with van der Waals surface area (Å²) in [5, 5.41) is 7.18. The van der Waals surface area contributed by atoms with Gasteiger partial charge in [0.15, 0.2) is 5.84 Å². The summed E-state index contributed by atoms with van der Waals surface area (Å²) >= 11 is 0. The topological polar surface area (TPSA) is 54.6 Å². The van der Waals surface area contributed by atoms with Crippen LogP contribution in [0.15, 0.2) is 198 Å². The van der Waals surface area contributed by atoms with Crippen molar-refractivity contribution in [2.75, 3.05) is 0 Å². The van der Waals surface area contributed by atoms with E-state index in [0.29, 0.717) is 5.84 Å². The quantitative estimate of drug-likeness (QED) is 0.190. The van der Waals surface area contributed by atoms with Crippen LogP contribution in [0.3, 0.4) is 0 Å². The van der Waals surface area contributed by atoms with Crippen LogP contribution in [0.25, 0.3) is 60.8 Å². The second-order valence-electron chi connectivity index (χ2n) is 13.3. The standard InChI is InChI=1S/C48H33N5/c1-4-14-32(15-5-1)33-24-26-36(27-25-33)47-50-46(35-18-8-3-9-19-35)51-48(52-47)37-28-30-38(31-29-37)53-42-23-13-11-21-40(42)43-39-20-10-12-22-41(39)49-44(45(43)53)34-16-6-2-7-17-34/h1-31,46H,(H,50,51,52). The zero-order valence-electron chi connectivity index (χ0n) is 28.8. The predicted octanol–water partition coefficient (Wildman–Crippen LogP) is 11.2. The zero-order chi connectivity index (χ0) is 35.1. The number of fused-ring (bicyclic) bond motifs is 5. The van der Waals surface area contributed by atoms with Gasteiger partial charge >= 0.3 is 0 Å². The molecule has 7 aromatic carbocycles. The number of aromatic nitrogens is 2. The Kier molecular flexibility index (Phi) is 7.47. The molecule has 0 aliphatic carbocycles. The van der Waals surface area contributed by atoms with E-state index in [1.807, 2.05) is 12.1 Å². The normalized spacial score (nSPS) is 14.2. The van der Waals surface area contributed by atoms with E-state index in [9.17, 15) is 0 Å². The van der Waals surface area contributed by atoms with Crippen LogP contribution in [-0.4, -0.2) is 21.2 Å². The van der Waals surface area contributed by atoms with Crippen molar-refractivity contribution < 1.29 is 0 Å². The molecule has 5 heteroatoms. The highest BCUT2D eigenvalue weighted by Gasteiger charge is 2.23. The second-order valence-corrected chi connectivity index (χ2v) is 13.3. The van der Waals surface area contributed by atoms with Gasteiger partial charge in [0.2, 0.25) is 0 Å². The number of nitrogens with one attached hydrogen (secondary N) is 1. The highest BCUT2D eigenvalue weighted by molar-refractivity contribution is 6.23. The van der Waals surface area contributed by atoms with Crippen LogP contribution in [0.1, 0.15) is 22.9 Å². The first-order valence-electron chi connectivity index (χ1n) is 17.9. The summed E-state index contributed by atoms with van der Waals surface area (Å²) in [6.45, 7) is 0. The summed E-state index contributed by atoms with van der Waals surface area (Å²) in [6.07, 6.45) is -0.280. The first-order chi connectivity index (χ1) is 26.3. The third kappa shape index (κ3) is 5.47. The Morgan fingerprint density at radius 2 is 1.04 bits per heavy atom. The Balaban J connectivity index is 1.10. The number of pyridine rings is 1. The lowest BCUT2D eigenvalue weighted by Crippen LogP contribution is -2.33. The largest absolute Gasteiger partial charge is 0.344 e. The number of amidine groups is 2. The third-order valence-corrected chi connectivity index (χ3v) is 10.1. The van der Waals surface area contributed by atoms with E-state index in [2.05, 4.69) is 186 Å². The number of hydrogen-bond acceptors (Lipinski definition) is 4. The molecule has 9 aromatic rings. The lowest BCUT2D eigenvalue weighted by molar-refractivity contribution is 0.674. The van der Waals surface area contributed by atoms with Gasteiger partial charge in [0.1, 0.15) is 12.0 Å². The highest BCUT2D eigenvalue weighted by atomic mass is 15.2. The Bertz CT molecular complexity index is 2820. The minimum Gasteiger partial charge on any atom is -0.344 e. The van der Waals surface area contributed by atoms with Crippen LogP contribution in [0.2, 0.25) is 0 Å². The molecule has 1 atom stereocenters. The summed E-state index contributed by atoms with van der Waals surface area (Å²) in [5.74, 6) is 1.48. The maximum Gasteiger partial charge on any atom is 0.159 e. The van der Waals surface area contributed by atoms with Crippen LogP contribution in [-0.2, 0) is 0 Å². The van der Waals surface area contributed by atoms with Crippen molar-refractivity contribution >= 4 is 44.4 Å². The SMILES string of the molecule is c1ccc(-c2ccc(C3=NC(c4ccccc4)NC(c4ccc(-n5c6ccccc6c6c7ccccc7nc(-c7ccccc7)c65)cc4)=N3)cc2)cc1. The van der Waals surface area contributed by atoms with Gasteiger partial charge in [-0.05, 0) is 53.1 Å². The average molecular weight is 680 g/mol. The van der Waals surface area contributed by atoms with Gasteiger partial charge in [-0.1, -0.05) is 152 Å². The van der Waals surface area contributed by atoms with Crippen molar-refractivity contribution in [1.82, 2.24) is 14.9 Å². The van der Waals surface area contributed by atoms with E-state index in [0.717, 1.165) is 67.0 Å². The fourth-order valence-electron chi connectivity index (χ4n) is 7.50. The molecule has 0 bridgehead atoms. The van der Waals surface area contributed by atoms with Crippen LogP contribution in [0.4, 0.5) is 0 Å². The van der Waals surface area contributed by atoms with Crippen LogP contribution < -0.4 is 5.32 Å². The first-order valence-corrected chi connectivity index (χ1v) is 17.9. The fourth-order valence-corrected chi connectivity index (χ4v) is 7.50. The van der Waals surface area contributed by atoms with Gasteiger partial charge in [0.25, 0.3) is 0 Å². The van der Waals surface area contributed by atoms with Crippen molar-refractivity contribution in [1.29, 1.82) is 0 Å². The molecule has 53 heavy (non-hydrogen) atoms. The lowest BCUT2D eigenvalue weighted by atomic mass is 10.0. The zero-order valence-corrected chi connectivity index (χ0v) is 28.8. The van der Waals surface area contributed by atoms with E-state index >= 15 is 0 Å². The molecule has 5 nitrogen and oxygen atoms in total. The van der Waals surface area contributed by atoms with Gasteiger partial charge in [0.05, 0.1) is 22.2 Å². The van der Waals surface area contributed by atoms with Gasteiger partial charge in [0, 0.05) is 38.5 Å².